The molecular formula is C23H20Cl3N5O2. The minimum Gasteiger partial charge on any atom is -0.471 e. The highest BCUT2D eigenvalue weighted by Crippen LogP contribution is 2.25. The quantitative estimate of drug-likeness (QED) is 0.335. The summed E-state index contributed by atoms with van der Waals surface area (Å²) in [6.07, 6.45) is 1.55. The van der Waals surface area contributed by atoms with Gasteiger partial charge in [-0.05, 0) is 61.9 Å². The monoisotopic (exact) mass is 503 g/mol. The molecule has 0 saturated carbocycles. The molecule has 2 heterocycles. The molecule has 2 aromatic carbocycles. The van der Waals surface area contributed by atoms with Gasteiger partial charge in [-0.25, -0.2) is 4.68 Å². The Morgan fingerprint density at radius 2 is 1.73 bits per heavy atom. The Hall–Kier alpha value is -3.00. The lowest BCUT2D eigenvalue weighted by molar-refractivity contribution is 0.100. The average molecular weight is 505 g/mol. The molecule has 0 fully saturated rings. The Morgan fingerprint density at radius 1 is 1.00 bits per heavy atom. The van der Waals surface area contributed by atoms with Gasteiger partial charge in [-0.3, -0.25) is 9.48 Å². The lowest BCUT2D eigenvalue weighted by Crippen LogP contribution is -2.20. The first-order valence-electron chi connectivity index (χ1n) is 10.0. The van der Waals surface area contributed by atoms with E-state index in [0.717, 1.165) is 11.3 Å². The number of hydrogen-bond donors (Lipinski definition) is 1. The van der Waals surface area contributed by atoms with E-state index in [9.17, 15) is 4.79 Å². The smallest absolute Gasteiger partial charge is 0.274 e. The molecule has 170 valence electrons. The van der Waals surface area contributed by atoms with Crippen LogP contribution in [0.1, 0.15) is 27.4 Å². The third kappa shape index (κ3) is 5.33. The van der Waals surface area contributed by atoms with Gasteiger partial charge in [0.2, 0.25) is 0 Å². The fraction of sp³-hybridized carbons (Fsp3) is 0.174. The molecule has 1 N–H and O–H groups in total. The molecule has 4 aromatic rings. The number of nitrogens with zero attached hydrogens (tertiary/aromatic N) is 4. The van der Waals surface area contributed by atoms with Crippen LogP contribution in [0.15, 0.2) is 54.7 Å². The van der Waals surface area contributed by atoms with Gasteiger partial charge in [0, 0.05) is 21.3 Å². The van der Waals surface area contributed by atoms with E-state index in [1.807, 2.05) is 19.9 Å². The lowest BCUT2D eigenvalue weighted by Gasteiger charge is -2.11. The molecule has 0 spiro atoms. The highest BCUT2D eigenvalue weighted by atomic mass is 35.5. The molecule has 1 amide bonds. The van der Waals surface area contributed by atoms with Crippen LogP contribution in [0, 0.1) is 13.8 Å². The Bertz CT molecular complexity index is 1300. The van der Waals surface area contributed by atoms with Crippen molar-refractivity contribution in [1.82, 2.24) is 19.6 Å². The molecule has 2 aromatic heterocycles. The van der Waals surface area contributed by atoms with Crippen molar-refractivity contribution in [1.29, 1.82) is 0 Å². The summed E-state index contributed by atoms with van der Waals surface area (Å²) in [5.41, 5.74) is 3.36. The number of carbonyl (C=O) groups excluding carboxylic acids is 1. The van der Waals surface area contributed by atoms with Gasteiger partial charge in [-0.1, -0.05) is 40.9 Å². The number of hydrogen-bond acceptors (Lipinski definition) is 4. The van der Waals surface area contributed by atoms with Crippen LogP contribution in [0.2, 0.25) is 15.1 Å². The number of aromatic nitrogens is 4. The van der Waals surface area contributed by atoms with Crippen LogP contribution in [0.5, 0.6) is 5.75 Å². The Balaban J connectivity index is 1.48. The maximum absolute atomic E-state index is 13.0. The number of anilines is 1. The average Bonchev–Trinajstić information content (AvgIpc) is 3.35. The molecule has 7 nitrogen and oxygen atoms in total. The molecule has 0 radical (unpaired) electrons. The van der Waals surface area contributed by atoms with Gasteiger partial charge >= 0.3 is 0 Å². The van der Waals surface area contributed by atoms with Crippen LogP contribution in [0.4, 0.5) is 5.69 Å². The first kappa shape index (κ1) is 23.2. The van der Waals surface area contributed by atoms with Gasteiger partial charge in [0.1, 0.15) is 11.4 Å². The predicted molar refractivity (Wildman–Crippen MR) is 130 cm³/mol. The standard InChI is InChI=1S/C23H20Cl3N5O2/c1-14-22(15(2)30(29-14)12-16-3-4-18(25)11-20(16)26)28-23(32)21-9-10-27-31(21)13-33-19-7-5-17(24)6-8-19/h3-11H,12-13H2,1-2H3,(H,28,32). The van der Waals surface area contributed by atoms with Gasteiger partial charge in [-0.2, -0.15) is 10.2 Å². The van der Waals surface area contributed by atoms with Crippen LogP contribution in [-0.4, -0.2) is 25.5 Å². The van der Waals surface area contributed by atoms with Crippen LogP contribution in [0.3, 0.4) is 0 Å². The topological polar surface area (TPSA) is 74.0 Å². The highest BCUT2D eigenvalue weighted by molar-refractivity contribution is 6.35. The number of halogens is 3. The molecule has 0 unspecified atom stereocenters. The molecule has 10 heteroatoms. The zero-order valence-electron chi connectivity index (χ0n) is 17.8. The fourth-order valence-corrected chi connectivity index (χ4v) is 3.91. The van der Waals surface area contributed by atoms with Crippen LogP contribution >= 0.6 is 34.8 Å². The first-order chi connectivity index (χ1) is 15.8. The fourth-order valence-electron chi connectivity index (χ4n) is 3.32. The van der Waals surface area contributed by atoms with Crippen molar-refractivity contribution in [2.45, 2.75) is 27.1 Å². The van der Waals surface area contributed by atoms with Crippen LogP contribution in [-0.2, 0) is 13.3 Å². The summed E-state index contributed by atoms with van der Waals surface area (Å²) in [7, 11) is 0. The number of ether oxygens (including phenoxy) is 1. The van der Waals surface area contributed by atoms with Crippen molar-refractivity contribution in [3.05, 3.63) is 92.4 Å². The highest BCUT2D eigenvalue weighted by Gasteiger charge is 2.19. The van der Waals surface area contributed by atoms with E-state index in [1.54, 1.807) is 53.3 Å². The molecule has 0 aliphatic rings. The Labute approximate surface area is 205 Å². The van der Waals surface area contributed by atoms with Crippen molar-refractivity contribution in [3.63, 3.8) is 0 Å². The van der Waals surface area contributed by atoms with Gasteiger partial charge in [-0.15, -0.1) is 0 Å². The van der Waals surface area contributed by atoms with E-state index in [0.29, 0.717) is 44.4 Å². The normalized spacial score (nSPS) is 10.9. The van der Waals surface area contributed by atoms with E-state index in [-0.39, 0.29) is 12.6 Å². The zero-order valence-corrected chi connectivity index (χ0v) is 20.1. The SMILES string of the molecule is Cc1nn(Cc2ccc(Cl)cc2Cl)c(C)c1NC(=O)c1ccnn1COc1ccc(Cl)cc1. The molecule has 0 atom stereocenters. The first-order valence-corrected chi connectivity index (χ1v) is 11.1. The third-order valence-electron chi connectivity index (χ3n) is 5.07. The molecule has 0 saturated heterocycles. The molecule has 4 rings (SSSR count). The number of nitrogens with one attached hydrogen (secondary N) is 1. The summed E-state index contributed by atoms with van der Waals surface area (Å²) in [5.74, 6) is 0.303. The maximum atomic E-state index is 13.0. The summed E-state index contributed by atoms with van der Waals surface area (Å²) in [6, 6.07) is 13.9. The van der Waals surface area contributed by atoms with Crippen LogP contribution in [0.25, 0.3) is 0 Å². The van der Waals surface area contributed by atoms with E-state index in [2.05, 4.69) is 15.5 Å². The molecule has 0 aliphatic heterocycles. The van der Waals surface area contributed by atoms with Crippen molar-refractivity contribution in [3.8, 4) is 5.75 Å². The summed E-state index contributed by atoms with van der Waals surface area (Å²) in [4.78, 5) is 13.0. The summed E-state index contributed by atoms with van der Waals surface area (Å²) < 4.78 is 8.98. The van der Waals surface area contributed by atoms with Crippen molar-refractivity contribution in [2.24, 2.45) is 0 Å². The van der Waals surface area contributed by atoms with Gasteiger partial charge in [0.25, 0.3) is 5.91 Å². The molecule has 33 heavy (non-hydrogen) atoms. The number of aryl methyl sites for hydroxylation is 1. The number of rotatable bonds is 7. The van der Waals surface area contributed by atoms with E-state index >= 15 is 0 Å². The third-order valence-corrected chi connectivity index (χ3v) is 5.91. The second-order valence-electron chi connectivity index (χ2n) is 7.34. The molecular weight excluding hydrogens is 485 g/mol. The summed E-state index contributed by atoms with van der Waals surface area (Å²) in [5, 5.41) is 13.4. The summed E-state index contributed by atoms with van der Waals surface area (Å²) in [6.45, 7) is 4.25. The van der Waals surface area contributed by atoms with E-state index in [4.69, 9.17) is 39.5 Å². The second kappa shape index (κ2) is 9.87. The number of amides is 1. The lowest BCUT2D eigenvalue weighted by atomic mass is 10.2. The number of carbonyl (C=O) groups is 1. The van der Waals surface area contributed by atoms with Crippen molar-refractivity contribution < 1.29 is 9.53 Å². The van der Waals surface area contributed by atoms with E-state index < -0.39 is 0 Å². The predicted octanol–water partition coefficient (Wildman–Crippen LogP) is 5.99. The minimum atomic E-state index is -0.317. The number of benzene rings is 2. The minimum absolute atomic E-state index is 0.0731. The summed E-state index contributed by atoms with van der Waals surface area (Å²) >= 11 is 18.2. The van der Waals surface area contributed by atoms with Crippen molar-refractivity contribution in [2.75, 3.05) is 5.32 Å². The van der Waals surface area contributed by atoms with Crippen molar-refractivity contribution >= 4 is 46.4 Å². The van der Waals surface area contributed by atoms with Gasteiger partial charge in [0.05, 0.1) is 23.6 Å². The molecule has 0 aliphatic carbocycles. The second-order valence-corrected chi connectivity index (χ2v) is 8.62. The van der Waals surface area contributed by atoms with Gasteiger partial charge in [0.15, 0.2) is 6.73 Å². The Morgan fingerprint density at radius 3 is 2.45 bits per heavy atom. The maximum Gasteiger partial charge on any atom is 0.274 e. The molecule has 0 bridgehead atoms. The van der Waals surface area contributed by atoms with E-state index in [1.165, 1.54) is 4.68 Å². The Kier molecular flexibility index (Phi) is 6.93. The van der Waals surface area contributed by atoms with Gasteiger partial charge < -0.3 is 10.1 Å². The zero-order chi connectivity index (χ0) is 23.5. The van der Waals surface area contributed by atoms with Crippen LogP contribution < -0.4 is 10.1 Å². The largest absolute Gasteiger partial charge is 0.471 e.